The smallest absolute Gasteiger partial charge is 0.270 e. The van der Waals surface area contributed by atoms with Crippen molar-refractivity contribution in [1.29, 1.82) is 0 Å². The molecule has 0 spiro atoms. The van der Waals surface area contributed by atoms with Crippen molar-refractivity contribution in [3.05, 3.63) is 77.2 Å². The Morgan fingerprint density at radius 3 is 2.46 bits per heavy atom. The number of ether oxygens (including phenoxy) is 1. The van der Waals surface area contributed by atoms with Crippen LogP contribution < -0.4 is 9.64 Å². The molecule has 3 aromatic carbocycles. The highest BCUT2D eigenvalue weighted by atomic mass is 32.2. The number of benzene rings is 3. The van der Waals surface area contributed by atoms with Crippen LogP contribution in [0.2, 0.25) is 0 Å². The van der Waals surface area contributed by atoms with E-state index in [9.17, 15) is 4.79 Å². The van der Waals surface area contributed by atoms with Crippen molar-refractivity contribution in [1.82, 2.24) is 0 Å². The van der Waals surface area contributed by atoms with E-state index in [0.717, 1.165) is 27.8 Å². The number of fused-ring (bicyclic) bond motifs is 1. The Labute approximate surface area is 174 Å². The van der Waals surface area contributed by atoms with E-state index in [0.29, 0.717) is 9.23 Å². The minimum absolute atomic E-state index is 0.0344. The summed E-state index contributed by atoms with van der Waals surface area (Å²) in [6, 6.07) is 21.6. The number of anilines is 1. The van der Waals surface area contributed by atoms with Crippen molar-refractivity contribution < 1.29 is 9.53 Å². The third-order valence-electron chi connectivity index (χ3n) is 4.38. The normalized spacial score (nSPS) is 15.8. The van der Waals surface area contributed by atoms with Crippen molar-refractivity contribution in [3.8, 4) is 5.75 Å². The average molecular weight is 406 g/mol. The van der Waals surface area contributed by atoms with Gasteiger partial charge in [0.15, 0.2) is 4.32 Å². The lowest BCUT2D eigenvalue weighted by molar-refractivity contribution is -0.113. The molecular weight excluding hydrogens is 386 g/mol. The molecule has 3 nitrogen and oxygen atoms in total. The summed E-state index contributed by atoms with van der Waals surface area (Å²) >= 11 is 6.81. The van der Waals surface area contributed by atoms with Crippen LogP contribution in [0.1, 0.15) is 19.4 Å². The predicted octanol–water partition coefficient (Wildman–Crippen LogP) is 6.03. The van der Waals surface area contributed by atoms with Gasteiger partial charge in [-0.3, -0.25) is 9.69 Å². The first-order valence-corrected chi connectivity index (χ1v) is 10.3. The summed E-state index contributed by atoms with van der Waals surface area (Å²) in [5.41, 5.74) is 1.69. The van der Waals surface area contributed by atoms with Gasteiger partial charge in [0.2, 0.25) is 0 Å². The summed E-state index contributed by atoms with van der Waals surface area (Å²) in [6.07, 6.45) is 1.94. The molecule has 0 aliphatic carbocycles. The number of hydrogen-bond acceptors (Lipinski definition) is 4. The minimum atomic E-state index is -0.107. The fraction of sp³-hybridized carbons (Fsp3) is 0.130. The molecule has 28 heavy (non-hydrogen) atoms. The highest BCUT2D eigenvalue weighted by Gasteiger charge is 2.33. The molecule has 1 saturated heterocycles. The van der Waals surface area contributed by atoms with E-state index in [1.807, 2.05) is 80.6 Å². The van der Waals surface area contributed by atoms with Gasteiger partial charge in [-0.2, -0.15) is 0 Å². The zero-order valence-electron chi connectivity index (χ0n) is 15.6. The van der Waals surface area contributed by atoms with E-state index >= 15 is 0 Å². The molecule has 0 N–H and O–H groups in total. The maximum atomic E-state index is 13.1. The summed E-state index contributed by atoms with van der Waals surface area (Å²) in [6.45, 7) is 3.99. The van der Waals surface area contributed by atoms with Crippen molar-refractivity contribution in [3.63, 3.8) is 0 Å². The second-order valence-electron chi connectivity index (χ2n) is 6.72. The van der Waals surface area contributed by atoms with Gasteiger partial charge in [0.1, 0.15) is 5.75 Å². The van der Waals surface area contributed by atoms with Gasteiger partial charge in [0, 0.05) is 5.56 Å². The van der Waals surface area contributed by atoms with Gasteiger partial charge in [-0.25, -0.2) is 0 Å². The third-order valence-corrected chi connectivity index (χ3v) is 5.68. The van der Waals surface area contributed by atoms with E-state index in [2.05, 4.69) is 6.07 Å². The number of nitrogens with zero attached hydrogens (tertiary/aromatic N) is 1. The Morgan fingerprint density at radius 2 is 1.71 bits per heavy atom. The van der Waals surface area contributed by atoms with Gasteiger partial charge in [0.25, 0.3) is 5.91 Å². The van der Waals surface area contributed by atoms with Crippen LogP contribution in [0, 0.1) is 0 Å². The maximum absolute atomic E-state index is 13.1. The monoisotopic (exact) mass is 405 g/mol. The molecule has 1 aliphatic rings. The Morgan fingerprint density at radius 1 is 1.00 bits per heavy atom. The second kappa shape index (κ2) is 7.78. The zero-order valence-corrected chi connectivity index (χ0v) is 17.2. The minimum Gasteiger partial charge on any atom is -0.490 e. The number of amides is 1. The molecule has 0 aromatic heterocycles. The van der Waals surface area contributed by atoms with Crippen LogP contribution in [0.4, 0.5) is 5.69 Å². The van der Waals surface area contributed by atoms with Crippen LogP contribution in [0.3, 0.4) is 0 Å². The number of thiocarbonyl (C=S) groups is 1. The Hall–Kier alpha value is -2.63. The number of carbonyl (C=O) groups excluding carboxylic acids is 1. The van der Waals surface area contributed by atoms with Gasteiger partial charge in [-0.05, 0) is 48.9 Å². The first-order chi connectivity index (χ1) is 13.5. The van der Waals surface area contributed by atoms with Gasteiger partial charge in [-0.15, -0.1) is 0 Å². The molecule has 0 saturated carbocycles. The first-order valence-electron chi connectivity index (χ1n) is 9.06. The van der Waals surface area contributed by atoms with Gasteiger partial charge in [0.05, 0.1) is 16.7 Å². The molecule has 3 aromatic rings. The molecule has 1 fully saturated rings. The average Bonchev–Trinajstić information content (AvgIpc) is 2.97. The van der Waals surface area contributed by atoms with Crippen LogP contribution in [0.5, 0.6) is 5.75 Å². The van der Waals surface area contributed by atoms with E-state index in [-0.39, 0.29) is 12.0 Å². The van der Waals surface area contributed by atoms with Crippen molar-refractivity contribution in [2.45, 2.75) is 20.0 Å². The topological polar surface area (TPSA) is 29.5 Å². The van der Waals surface area contributed by atoms with Gasteiger partial charge >= 0.3 is 0 Å². The molecule has 4 rings (SSSR count). The van der Waals surface area contributed by atoms with Crippen molar-refractivity contribution in [2.75, 3.05) is 4.90 Å². The van der Waals surface area contributed by atoms with Gasteiger partial charge in [-0.1, -0.05) is 72.5 Å². The number of rotatable bonds is 4. The molecule has 0 atom stereocenters. The number of para-hydroxylation sites is 1. The fourth-order valence-corrected chi connectivity index (χ4v) is 4.46. The second-order valence-corrected chi connectivity index (χ2v) is 8.39. The molecule has 0 unspecified atom stereocenters. The van der Waals surface area contributed by atoms with E-state index in [1.165, 1.54) is 11.8 Å². The zero-order chi connectivity index (χ0) is 19.7. The quantitative estimate of drug-likeness (QED) is 0.391. The largest absolute Gasteiger partial charge is 0.490 e. The standard InChI is InChI=1S/C23H19NO2S2/c1-15(2)26-20-13-12-16-8-6-7-11-18(16)19(20)14-21-22(25)24(23(27)28-21)17-9-4-3-5-10-17/h3-15H,1-2H3/b21-14+. The molecule has 0 radical (unpaired) electrons. The van der Waals surface area contributed by atoms with E-state index in [4.69, 9.17) is 17.0 Å². The molecule has 5 heteroatoms. The van der Waals surface area contributed by atoms with Crippen LogP contribution in [0.15, 0.2) is 71.6 Å². The van der Waals surface area contributed by atoms with Crippen LogP contribution in [0.25, 0.3) is 16.8 Å². The van der Waals surface area contributed by atoms with Crippen molar-refractivity contribution in [2.24, 2.45) is 0 Å². The lowest BCUT2D eigenvalue weighted by atomic mass is 10.0. The maximum Gasteiger partial charge on any atom is 0.270 e. The van der Waals surface area contributed by atoms with Crippen LogP contribution in [-0.2, 0) is 4.79 Å². The summed E-state index contributed by atoms with van der Waals surface area (Å²) in [5.74, 6) is 0.656. The molecule has 0 bridgehead atoms. The molecule has 140 valence electrons. The summed E-state index contributed by atoms with van der Waals surface area (Å²) in [4.78, 5) is 15.3. The molecular formula is C23H19NO2S2. The lowest BCUT2D eigenvalue weighted by Gasteiger charge is -2.15. The Bertz CT molecular complexity index is 1090. The molecule has 1 amide bonds. The molecule has 1 heterocycles. The number of carbonyl (C=O) groups is 1. The first kappa shape index (κ1) is 18.7. The van der Waals surface area contributed by atoms with Crippen molar-refractivity contribution >= 4 is 56.7 Å². The number of thioether (sulfide) groups is 1. The van der Waals surface area contributed by atoms with E-state index in [1.54, 1.807) is 4.90 Å². The number of hydrogen-bond donors (Lipinski definition) is 0. The SMILES string of the molecule is CC(C)Oc1ccc2ccccc2c1/C=C1/SC(=S)N(c2ccccc2)C1=O. The summed E-state index contributed by atoms with van der Waals surface area (Å²) in [7, 11) is 0. The van der Waals surface area contributed by atoms with Gasteiger partial charge < -0.3 is 4.74 Å². The highest BCUT2D eigenvalue weighted by molar-refractivity contribution is 8.27. The highest BCUT2D eigenvalue weighted by Crippen LogP contribution is 2.39. The lowest BCUT2D eigenvalue weighted by Crippen LogP contribution is -2.27. The Kier molecular flexibility index (Phi) is 5.20. The summed E-state index contributed by atoms with van der Waals surface area (Å²) in [5, 5.41) is 2.15. The fourth-order valence-electron chi connectivity index (χ4n) is 3.18. The van der Waals surface area contributed by atoms with E-state index < -0.39 is 0 Å². The summed E-state index contributed by atoms with van der Waals surface area (Å²) < 4.78 is 6.56. The Balaban J connectivity index is 1.81. The van der Waals surface area contributed by atoms with Crippen LogP contribution in [-0.4, -0.2) is 16.3 Å². The molecule has 1 aliphatic heterocycles. The van der Waals surface area contributed by atoms with Crippen LogP contribution >= 0.6 is 24.0 Å². The predicted molar refractivity (Wildman–Crippen MR) is 122 cm³/mol. The third kappa shape index (κ3) is 3.55.